The molecule has 0 bridgehead atoms. The van der Waals surface area contributed by atoms with Crippen LogP contribution in [0, 0.1) is 5.92 Å². The molecule has 2 fully saturated rings. The number of carbonyl (C=O) groups excluding carboxylic acids is 1. The van der Waals surface area contributed by atoms with Crippen LogP contribution in [0.1, 0.15) is 39.2 Å². The summed E-state index contributed by atoms with van der Waals surface area (Å²) in [5.41, 5.74) is 1.36. The molecule has 2 saturated heterocycles. The number of piperidine rings is 1. The number of rotatable bonds is 5. The van der Waals surface area contributed by atoms with Gasteiger partial charge >= 0.3 is 0 Å². The second-order valence-corrected chi connectivity index (χ2v) is 11.9. The second kappa shape index (κ2) is 10.0. The van der Waals surface area contributed by atoms with E-state index in [1.165, 1.54) is 5.56 Å². The van der Waals surface area contributed by atoms with Gasteiger partial charge in [-0.1, -0.05) is 30.3 Å². The Morgan fingerprint density at radius 3 is 2.42 bits per heavy atom. The number of carbonyl (C=O) groups is 1. The van der Waals surface area contributed by atoms with Gasteiger partial charge in [-0.15, -0.1) is 0 Å². The predicted octanol–water partition coefficient (Wildman–Crippen LogP) is 1.94. The van der Waals surface area contributed by atoms with E-state index in [0.29, 0.717) is 31.5 Å². The van der Waals surface area contributed by atoms with E-state index in [2.05, 4.69) is 34.6 Å². The summed E-state index contributed by atoms with van der Waals surface area (Å²) in [4.78, 5) is 21.2. The molecule has 8 heteroatoms. The summed E-state index contributed by atoms with van der Waals surface area (Å²) in [5.74, 6) is 1.38. The third kappa shape index (κ3) is 5.99. The van der Waals surface area contributed by atoms with E-state index in [9.17, 15) is 13.2 Å². The van der Waals surface area contributed by atoms with Gasteiger partial charge < -0.3 is 15.1 Å². The summed E-state index contributed by atoms with van der Waals surface area (Å²) in [6.45, 7) is 8.56. The number of sulfone groups is 1. The zero-order valence-electron chi connectivity index (χ0n) is 19.0. The molecule has 1 aromatic rings. The van der Waals surface area contributed by atoms with Crippen LogP contribution in [0.5, 0.6) is 0 Å². The lowest BCUT2D eigenvalue weighted by Crippen LogP contribution is -2.57. The zero-order valence-corrected chi connectivity index (χ0v) is 19.8. The van der Waals surface area contributed by atoms with Gasteiger partial charge in [0.05, 0.1) is 10.5 Å². The van der Waals surface area contributed by atoms with Crippen LogP contribution in [0.4, 0.5) is 0 Å². The van der Waals surface area contributed by atoms with E-state index < -0.39 is 14.6 Å². The van der Waals surface area contributed by atoms with Gasteiger partial charge in [-0.3, -0.25) is 4.79 Å². The van der Waals surface area contributed by atoms with Crippen molar-refractivity contribution in [2.24, 2.45) is 10.9 Å². The third-order valence-electron chi connectivity index (χ3n) is 6.38. The molecule has 0 atom stereocenters. The van der Waals surface area contributed by atoms with Crippen LogP contribution >= 0.6 is 0 Å². The Balaban J connectivity index is 1.54. The molecule has 7 nitrogen and oxygen atoms in total. The number of nitrogens with zero attached hydrogens (tertiary/aromatic N) is 3. The Bertz CT molecular complexity index is 875. The quantitative estimate of drug-likeness (QED) is 0.550. The van der Waals surface area contributed by atoms with E-state index in [4.69, 9.17) is 0 Å². The fourth-order valence-corrected chi connectivity index (χ4v) is 5.69. The summed E-state index contributed by atoms with van der Waals surface area (Å²) in [6, 6.07) is 10.5. The Hall–Kier alpha value is -2.09. The van der Waals surface area contributed by atoms with Gasteiger partial charge in [0.2, 0.25) is 5.91 Å². The number of hydrogen-bond donors (Lipinski definition) is 1. The molecule has 2 aliphatic rings. The fourth-order valence-electron chi connectivity index (χ4n) is 4.33. The largest absolute Gasteiger partial charge is 0.357 e. The lowest BCUT2D eigenvalue weighted by molar-refractivity contribution is -0.131. The normalized spacial score (nSPS) is 21.7. The van der Waals surface area contributed by atoms with E-state index in [-0.39, 0.29) is 18.2 Å². The molecular weight excluding hydrogens is 412 g/mol. The highest BCUT2D eigenvalue weighted by molar-refractivity contribution is 7.92. The molecule has 3 rings (SSSR count). The predicted molar refractivity (Wildman–Crippen MR) is 125 cm³/mol. The lowest BCUT2D eigenvalue weighted by atomic mass is 9.90. The second-order valence-electron chi connectivity index (χ2n) is 9.18. The summed E-state index contributed by atoms with van der Waals surface area (Å²) in [6.07, 6.45) is 3.10. The molecule has 0 aromatic heterocycles. The van der Waals surface area contributed by atoms with E-state index >= 15 is 0 Å². The summed E-state index contributed by atoms with van der Waals surface area (Å²) >= 11 is 0. The highest BCUT2D eigenvalue weighted by Crippen LogP contribution is 2.24. The van der Waals surface area contributed by atoms with Crippen LogP contribution < -0.4 is 5.32 Å². The maximum atomic E-state index is 12.8. The number of benzene rings is 1. The molecule has 1 aromatic carbocycles. The molecular formula is C23H36N4O3S. The van der Waals surface area contributed by atoms with Crippen molar-refractivity contribution in [1.29, 1.82) is 0 Å². The average Bonchev–Trinajstić information content (AvgIpc) is 2.74. The molecule has 31 heavy (non-hydrogen) atoms. The number of likely N-dealkylation sites (tertiary alicyclic amines) is 1. The van der Waals surface area contributed by atoms with Crippen LogP contribution in [0.25, 0.3) is 0 Å². The Kier molecular flexibility index (Phi) is 7.62. The van der Waals surface area contributed by atoms with Crippen LogP contribution in [0.15, 0.2) is 35.3 Å². The molecule has 0 aliphatic carbocycles. The van der Waals surface area contributed by atoms with Crippen molar-refractivity contribution in [3.8, 4) is 0 Å². The molecule has 0 spiro atoms. The van der Waals surface area contributed by atoms with Crippen LogP contribution in [0.3, 0.4) is 0 Å². The molecule has 0 saturated carbocycles. The van der Waals surface area contributed by atoms with E-state index in [1.54, 1.807) is 13.8 Å². The van der Waals surface area contributed by atoms with E-state index in [1.807, 2.05) is 22.8 Å². The Morgan fingerprint density at radius 2 is 1.81 bits per heavy atom. The van der Waals surface area contributed by atoms with Gasteiger partial charge in [-0.25, -0.2) is 13.4 Å². The number of hydrogen-bond acceptors (Lipinski definition) is 4. The van der Waals surface area contributed by atoms with Gasteiger partial charge in [-0.05, 0) is 51.5 Å². The summed E-state index contributed by atoms with van der Waals surface area (Å²) in [7, 11) is -3.12. The van der Waals surface area contributed by atoms with Crippen molar-refractivity contribution in [3.05, 3.63) is 35.9 Å². The minimum absolute atomic E-state index is 0.0393. The molecule has 2 heterocycles. The average molecular weight is 449 g/mol. The van der Waals surface area contributed by atoms with Crippen molar-refractivity contribution >= 4 is 21.7 Å². The molecule has 2 aliphatic heterocycles. The first-order valence-corrected chi connectivity index (χ1v) is 12.9. The monoisotopic (exact) mass is 448 g/mol. The van der Waals surface area contributed by atoms with Crippen molar-refractivity contribution in [2.45, 2.75) is 44.8 Å². The van der Waals surface area contributed by atoms with Gasteiger partial charge in [0.1, 0.15) is 6.54 Å². The van der Waals surface area contributed by atoms with Crippen molar-refractivity contribution < 1.29 is 13.2 Å². The maximum Gasteiger partial charge on any atom is 0.244 e. The topological polar surface area (TPSA) is 82.1 Å². The molecule has 1 N–H and O–H groups in total. The Morgan fingerprint density at radius 1 is 1.13 bits per heavy atom. The van der Waals surface area contributed by atoms with Gasteiger partial charge in [0.15, 0.2) is 15.8 Å². The first-order chi connectivity index (χ1) is 14.7. The zero-order chi connectivity index (χ0) is 22.5. The Labute approximate surface area is 186 Å². The van der Waals surface area contributed by atoms with Crippen LogP contribution in [0.2, 0.25) is 0 Å². The number of aliphatic imine (C=N–C) groups is 1. The lowest BCUT2D eigenvalue weighted by Gasteiger charge is -2.39. The highest BCUT2D eigenvalue weighted by Gasteiger charge is 2.41. The maximum absolute atomic E-state index is 12.8. The minimum atomic E-state index is -3.12. The van der Waals surface area contributed by atoms with Crippen LogP contribution in [-0.4, -0.2) is 79.9 Å². The molecule has 1 amide bonds. The van der Waals surface area contributed by atoms with Gasteiger partial charge in [0, 0.05) is 32.7 Å². The van der Waals surface area contributed by atoms with Crippen molar-refractivity contribution in [2.75, 3.05) is 45.0 Å². The number of guanidine groups is 1. The molecule has 0 radical (unpaired) electrons. The fraction of sp³-hybridized carbons (Fsp3) is 0.652. The number of amides is 1. The highest BCUT2D eigenvalue weighted by atomic mass is 32.2. The smallest absolute Gasteiger partial charge is 0.244 e. The van der Waals surface area contributed by atoms with E-state index in [0.717, 1.165) is 32.4 Å². The van der Waals surface area contributed by atoms with Gasteiger partial charge in [0.25, 0.3) is 0 Å². The first-order valence-electron chi connectivity index (χ1n) is 11.3. The standard InChI is InChI=1S/C23H36N4O3S/c1-4-24-22(27-14-15-31(29,30)23(2,3)18-27)25-17-21(28)26-12-10-20(11-13-26)16-19-8-6-5-7-9-19/h5-9,20H,4,10-18H2,1-3H3,(H,24,25). The molecule has 172 valence electrons. The first kappa shape index (κ1) is 23.6. The van der Waals surface area contributed by atoms with Crippen LogP contribution in [-0.2, 0) is 21.1 Å². The van der Waals surface area contributed by atoms with Crippen molar-refractivity contribution in [3.63, 3.8) is 0 Å². The summed E-state index contributed by atoms with van der Waals surface area (Å²) in [5, 5.41) is 3.22. The van der Waals surface area contributed by atoms with Gasteiger partial charge in [-0.2, -0.15) is 0 Å². The SMILES string of the molecule is CCNC(=NCC(=O)N1CCC(Cc2ccccc2)CC1)N1CCS(=O)(=O)C(C)(C)C1. The van der Waals surface area contributed by atoms with Crippen molar-refractivity contribution in [1.82, 2.24) is 15.1 Å². The minimum Gasteiger partial charge on any atom is -0.357 e. The number of nitrogens with one attached hydrogen (secondary N) is 1. The third-order valence-corrected chi connectivity index (χ3v) is 8.91. The molecule has 0 unspecified atom stereocenters. The summed E-state index contributed by atoms with van der Waals surface area (Å²) < 4.78 is 23.8.